The quantitative estimate of drug-likeness (QED) is 0.299. The average molecular weight is 480 g/mol. The standard InChI is InChI=1S/C24H29NO3.C4H8N2O/c1-5-7-18-12-16(3)22(17(4)13-18)23-19(26)14-24(15-20(23)27)8-10-25(11-9-24)21(28)6-2;1-2-6-7-4-3-5/h12-13,23H,6,8-11,14-15H2,1-4H3;6H,2,4H2,1H3. The van der Waals surface area contributed by atoms with Crippen molar-refractivity contribution in [3.8, 4) is 17.9 Å². The molecule has 1 aromatic rings. The first-order valence-electron chi connectivity index (χ1n) is 12.3. The van der Waals surface area contributed by atoms with Crippen molar-refractivity contribution in [2.75, 3.05) is 26.2 Å². The van der Waals surface area contributed by atoms with Crippen LogP contribution in [0, 0.1) is 42.4 Å². The Kier molecular flexibility index (Phi) is 10.6. The number of rotatable bonds is 5. The molecule has 3 rings (SSSR count). The fraction of sp³-hybridized carbons (Fsp3) is 0.571. The van der Waals surface area contributed by atoms with Gasteiger partial charge in [-0.2, -0.15) is 5.26 Å². The van der Waals surface area contributed by atoms with E-state index in [0.29, 0.717) is 32.4 Å². The monoisotopic (exact) mass is 479 g/mol. The second kappa shape index (κ2) is 13.2. The summed E-state index contributed by atoms with van der Waals surface area (Å²) in [5.41, 5.74) is 5.97. The van der Waals surface area contributed by atoms with Crippen LogP contribution in [0.25, 0.3) is 0 Å². The van der Waals surface area contributed by atoms with Crippen LogP contribution >= 0.6 is 0 Å². The summed E-state index contributed by atoms with van der Waals surface area (Å²) < 4.78 is 0. The van der Waals surface area contributed by atoms with Gasteiger partial charge in [0.15, 0.2) is 6.61 Å². The second-order valence-electron chi connectivity index (χ2n) is 9.30. The summed E-state index contributed by atoms with van der Waals surface area (Å²) in [6.45, 7) is 11.7. The van der Waals surface area contributed by atoms with Gasteiger partial charge in [0.2, 0.25) is 5.91 Å². The number of hydroxylamine groups is 1. The van der Waals surface area contributed by atoms with Crippen molar-refractivity contribution in [1.82, 2.24) is 10.4 Å². The van der Waals surface area contributed by atoms with E-state index in [2.05, 4.69) is 22.2 Å². The van der Waals surface area contributed by atoms with E-state index in [-0.39, 0.29) is 29.5 Å². The summed E-state index contributed by atoms with van der Waals surface area (Å²) in [5.74, 6) is 5.53. The van der Waals surface area contributed by atoms with E-state index in [4.69, 9.17) is 5.26 Å². The van der Waals surface area contributed by atoms with E-state index in [1.54, 1.807) is 6.92 Å². The predicted octanol–water partition coefficient (Wildman–Crippen LogP) is 3.76. The summed E-state index contributed by atoms with van der Waals surface area (Å²) in [6, 6.07) is 5.76. The number of nitrogens with zero attached hydrogens (tertiary/aromatic N) is 2. The number of Topliss-reactive ketones (excluding diaryl/α,β-unsaturated/α-hetero) is 2. The topological polar surface area (TPSA) is 99.5 Å². The van der Waals surface area contributed by atoms with Crippen LogP contribution in [0.2, 0.25) is 0 Å². The highest BCUT2D eigenvalue weighted by molar-refractivity contribution is 6.10. The molecule has 0 unspecified atom stereocenters. The molecule has 0 aromatic heterocycles. The number of nitriles is 1. The third-order valence-electron chi connectivity index (χ3n) is 6.76. The van der Waals surface area contributed by atoms with Gasteiger partial charge in [0, 0.05) is 44.5 Å². The average Bonchev–Trinajstić information content (AvgIpc) is 2.81. The summed E-state index contributed by atoms with van der Waals surface area (Å²) in [4.78, 5) is 44.6. The normalized spacial score (nSPS) is 17.2. The first kappa shape index (κ1) is 28.2. The fourth-order valence-corrected chi connectivity index (χ4v) is 5.15. The van der Waals surface area contributed by atoms with E-state index >= 15 is 0 Å². The van der Waals surface area contributed by atoms with Crippen LogP contribution < -0.4 is 5.48 Å². The van der Waals surface area contributed by atoms with Crippen LogP contribution in [-0.2, 0) is 19.2 Å². The van der Waals surface area contributed by atoms with Gasteiger partial charge in [-0.25, -0.2) is 5.48 Å². The molecule has 2 aliphatic rings. The molecule has 1 aromatic carbocycles. The van der Waals surface area contributed by atoms with Gasteiger partial charge in [-0.05, 0) is 67.9 Å². The fourth-order valence-electron chi connectivity index (χ4n) is 5.15. The van der Waals surface area contributed by atoms with Crippen LogP contribution in [0.3, 0.4) is 0 Å². The Morgan fingerprint density at radius 3 is 2.17 bits per heavy atom. The van der Waals surface area contributed by atoms with Gasteiger partial charge in [-0.15, -0.1) is 5.92 Å². The highest BCUT2D eigenvalue weighted by atomic mass is 16.6. The maximum absolute atomic E-state index is 13.1. The molecule has 0 atom stereocenters. The van der Waals surface area contributed by atoms with Crippen molar-refractivity contribution in [2.24, 2.45) is 5.41 Å². The lowest BCUT2D eigenvalue weighted by atomic mass is 9.62. The van der Waals surface area contributed by atoms with Gasteiger partial charge < -0.3 is 4.90 Å². The zero-order valence-electron chi connectivity index (χ0n) is 21.6. The Labute approximate surface area is 209 Å². The van der Waals surface area contributed by atoms with Crippen LogP contribution in [0.15, 0.2) is 12.1 Å². The Bertz CT molecular complexity index is 994. The zero-order valence-corrected chi connectivity index (χ0v) is 21.6. The van der Waals surface area contributed by atoms with E-state index < -0.39 is 5.92 Å². The molecule has 1 N–H and O–H groups in total. The minimum atomic E-state index is -0.649. The van der Waals surface area contributed by atoms with Crippen molar-refractivity contribution >= 4 is 17.5 Å². The highest BCUT2D eigenvalue weighted by Crippen LogP contribution is 2.46. The lowest BCUT2D eigenvalue weighted by Gasteiger charge is -2.44. The molecule has 1 spiro atoms. The Balaban J connectivity index is 0.000000540. The molecule has 188 valence electrons. The number of benzene rings is 1. The molecule has 1 amide bonds. The number of carbonyl (C=O) groups excluding carboxylic acids is 3. The summed E-state index contributed by atoms with van der Waals surface area (Å²) in [5, 5.41) is 7.88. The van der Waals surface area contributed by atoms with Gasteiger partial charge in [-0.1, -0.05) is 19.8 Å². The summed E-state index contributed by atoms with van der Waals surface area (Å²) >= 11 is 0. The Morgan fingerprint density at radius 1 is 1.14 bits per heavy atom. The van der Waals surface area contributed by atoms with Crippen LogP contribution in [0.5, 0.6) is 0 Å². The molecule has 7 heteroatoms. The second-order valence-corrected chi connectivity index (χ2v) is 9.30. The number of amides is 1. The van der Waals surface area contributed by atoms with Crippen molar-refractivity contribution in [1.29, 1.82) is 5.26 Å². The molecule has 1 saturated carbocycles. The number of aryl methyl sites for hydroxylation is 2. The van der Waals surface area contributed by atoms with Crippen LogP contribution in [-0.4, -0.2) is 48.6 Å². The third kappa shape index (κ3) is 7.24. The smallest absolute Gasteiger partial charge is 0.222 e. The van der Waals surface area contributed by atoms with Crippen LogP contribution in [0.1, 0.15) is 81.0 Å². The lowest BCUT2D eigenvalue weighted by molar-refractivity contribution is -0.140. The number of carbonyl (C=O) groups is 3. The highest BCUT2D eigenvalue weighted by Gasteiger charge is 2.47. The van der Waals surface area contributed by atoms with Crippen molar-refractivity contribution in [2.45, 2.75) is 72.6 Å². The van der Waals surface area contributed by atoms with Crippen molar-refractivity contribution < 1.29 is 19.2 Å². The van der Waals surface area contributed by atoms with E-state index in [1.807, 2.05) is 50.8 Å². The molecule has 2 fully saturated rings. The Hall–Kier alpha value is -3.00. The van der Waals surface area contributed by atoms with Crippen molar-refractivity contribution in [3.63, 3.8) is 0 Å². The molecular weight excluding hydrogens is 442 g/mol. The number of hydrogen-bond donors (Lipinski definition) is 1. The van der Waals surface area contributed by atoms with Gasteiger partial charge in [0.05, 0.1) is 6.07 Å². The molecule has 35 heavy (non-hydrogen) atoms. The molecular formula is C28H37N3O4. The molecule has 1 saturated heterocycles. The maximum atomic E-state index is 13.1. The largest absolute Gasteiger partial charge is 0.343 e. The Morgan fingerprint density at radius 2 is 1.71 bits per heavy atom. The summed E-state index contributed by atoms with van der Waals surface area (Å²) in [6.07, 6.45) is 2.86. The number of likely N-dealkylation sites (tertiary alicyclic amines) is 1. The summed E-state index contributed by atoms with van der Waals surface area (Å²) in [7, 11) is 0. The van der Waals surface area contributed by atoms with Crippen molar-refractivity contribution in [3.05, 3.63) is 34.4 Å². The predicted molar refractivity (Wildman–Crippen MR) is 134 cm³/mol. The SMILES string of the molecule is CC#Cc1cc(C)c(C2C(=O)CC3(CCN(C(=O)CC)CC3)CC2=O)c(C)c1.CCNOCC#N. The maximum Gasteiger partial charge on any atom is 0.222 e. The first-order chi connectivity index (χ1) is 16.7. The van der Waals surface area contributed by atoms with Gasteiger partial charge in [0.1, 0.15) is 17.5 Å². The first-order valence-corrected chi connectivity index (χ1v) is 12.3. The number of piperidine rings is 1. The molecule has 1 aliphatic heterocycles. The molecule has 0 bridgehead atoms. The van der Waals surface area contributed by atoms with Crippen LogP contribution in [0.4, 0.5) is 0 Å². The molecule has 0 radical (unpaired) electrons. The molecule has 1 aliphatic carbocycles. The van der Waals surface area contributed by atoms with E-state index in [9.17, 15) is 14.4 Å². The molecule has 7 nitrogen and oxygen atoms in total. The molecule has 1 heterocycles. The lowest BCUT2D eigenvalue weighted by Crippen LogP contribution is -2.48. The van der Waals surface area contributed by atoms with Gasteiger partial charge in [-0.3, -0.25) is 19.2 Å². The van der Waals surface area contributed by atoms with Gasteiger partial charge in [0.25, 0.3) is 0 Å². The minimum absolute atomic E-state index is 0.0343. The van der Waals surface area contributed by atoms with E-state index in [1.165, 1.54) is 0 Å². The number of hydrogen-bond acceptors (Lipinski definition) is 6. The minimum Gasteiger partial charge on any atom is -0.343 e. The zero-order chi connectivity index (χ0) is 26.0. The third-order valence-corrected chi connectivity index (χ3v) is 6.76. The number of ketones is 2. The van der Waals surface area contributed by atoms with E-state index in [0.717, 1.165) is 41.6 Å². The van der Waals surface area contributed by atoms with Gasteiger partial charge >= 0.3 is 0 Å². The number of nitrogens with one attached hydrogen (secondary N) is 1.